The first-order chi connectivity index (χ1) is 10.5. The van der Waals surface area contributed by atoms with Gasteiger partial charge in [-0.3, -0.25) is 0 Å². The summed E-state index contributed by atoms with van der Waals surface area (Å²) < 4.78 is 9.58. The van der Waals surface area contributed by atoms with Crippen molar-refractivity contribution >= 4 is 17.9 Å². The molecule has 0 spiro atoms. The summed E-state index contributed by atoms with van der Waals surface area (Å²) in [4.78, 5) is 35.5. The van der Waals surface area contributed by atoms with E-state index in [0.29, 0.717) is 0 Å². The van der Waals surface area contributed by atoms with Gasteiger partial charge < -0.3 is 14.6 Å². The van der Waals surface area contributed by atoms with Crippen molar-refractivity contribution < 1.29 is 29.0 Å². The molecule has 0 bridgehead atoms. The molecule has 0 aliphatic carbocycles. The topological polar surface area (TPSA) is 89.9 Å². The van der Waals surface area contributed by atoms with Crippen LogP contribution in [0, 0.1) is 0 Å². The molecule has 118 valence electrons. The van der Waals surface area contributed by atoms with Crippen LogP contribution in [0.1, 0.15) is 41.0 Å². The van der Waals surface area contributed by atoms with E-state index in [1.807, 2.05) is 0 Å². The number of hydrogen-bond donors (Lipinski definition) is 1. The van der Waals surface area contributed by atoms with Gasteiger partial charge in [0, 0.05) is 12.2 Å². The lowest BCUT2D eigenvalue weighted by Crippen LogP contribution is -2.17. The highest BCUT2D eigenvalue weighted by Gasteiger charge is 2.21. The van der Waals surface area contributed by atoms with Gasteiger partial charge in [-0.15, -0.1) is 0 Å². The number of rotatable bonds is 6. The lowest BCUT2D eigenvalue weighted by atomic mass is 10.1. The van der Waals surface area contributed by atoms with Crippen molar-refractivity contribution in [3.05, 3.63) is 47.0 Å². The van der Waals surface area contributed by atoms with E-state index in [0.717, 1.165) is 0 Å². The first-order valence-corrected chi connectivity index (χ1v) is 6.81. The maximum absolute atomic E-state index is 12.0. The molecule has 6 heteroatoms. The number of carbonyl (C=O) groups is 3. The first-order valence-electron chi connectivity index (χ1n) is 6.81. The number of aliphatic hydroxyl groups excluding tert-OH is 1. The number of benzene rings is 1. The third-order valence-electron chi connectivity index (χ3n) is 2.73. The Bertz CT molecular complexity index is 588. The van der Waals surface area contributed by atoms with E-state index in [1.54, 1.807) is 19.1 Å². The van der Waals surface area contributed by atoms with E-state index < -0.39 is 17.9 Å². The van der Waals surface area contributed by atoms with E-state index in [1.165, 1.54) is 25.1 Å². The number of esters is 3. The van der Waals surface area contributed by atoms with Crippen LogP contribution in [0.15, 0.2) is 35.9 Å². The Morgan fingerprint density at radius 3 is 2.27 bits per heavy atom. The van der Waals surface area contributed by atoms with Gasteiger partial charge in [0.05, 0.1) is 17.7 Å². The summed E-state index contributed by atoms with van der Waals surface area (Å²) in [5, 5.41) is 8.69. The Balaban J connectivity index is 2.90. The SMILES string of the molecule is CCOC(=O)c1ccccc1C(=O)OC(=O)C(C)=CCCO. The lowest BCUT2D eigenvalue weighted by Gasteiger charge is -2.08. The predicted octanol–water partition coefficient (Wildman–Crippen LogP) is 1.88. The fourth-order valence-electron chi connectivity index (χ4n) is 1.63. The molecule has 0 aliphatic heterocycles. The van der Waals surface area contributed by atoms with Gasteiger partial charge in [0.15, 0.2) is 0 Å². The molecule has 22 heavy (non-hydrogen) atoms. The summed E-state index contributed by atoms with van der Waals surface area (Å²) in [5.41, 5.74) is 0.208. The molecule has 0 saturated carbocycles. The highest BCUT2D eigenvalue weighted by atomic mass is 16.6. The molecule has 0 fully saturated rings. The van der Waals surface area contributed by atoms with Crippen molar-refractivity contribution in [1.29, 1.82) is 0 Å². The zero-order valence-corrected chi connectivity index (χ0v) is 12.5. The Hall–Kier alpha value is -2.47. The summed E-state index contributed by atoms with van der Waals surface area (Å²) in [7, 11) is 0. The van der Waals surface area contributed by atoms with E-state index in [-0.39, 0.29) is 36.3 Å². The molecule has 1 rings (SSSR count). The van der Waals surface area contributed by atoms with Gasteiger partial charge >= 0.3 is 17.9 Å². The first kappa shape index (κ1) is 17.6. The number of hydrogen-bond acceptors (Lipinski definition) is 6. The fourth-order valence-corrected chi connectivity index (χ4v) is 1.63. The summed E-state index contributed by atoms with van der Waals surface area (Å²) >= 11 is 0. The maximum atomic E-state index is 12.0. The molecule has 0 unspecified atom stereocenters. The van der Waals surface area contributed by atoms with Gasteiger partial charge in [-0.2, -0.15) is 0 Å². The van der Waals surface area contributed by atoms with Crippen LogP contribution in [0.5, 0.6) is 0 Å². The van der Waals surface area contributed by atoms with E-state index >= 15 is 0 Å². The number of carbonyl (C=O) groups excluding carboxylic acids is 3. The van der Waals surface area contributed by atoms with Crippen molar-refractivity contribution in [2.45, 2.75) is 20.3 Å². The summed E-state index contributed by atoms with van der Waals surface area (Å²) in [6.07, 6.45) is 1.75. The number of aliphatic hydroxyl groups is 1. The van der Waals surface area contributed by atoms with Crippen molar-refractivity contribution in [1.82, 2.24) is 0 Å². The van der Waals surface area contributed by atoms with Crippen LogP contribution >= 0.6 is 0 Å². The highest BCUT2D eigenvalue weighted by molar-refractivity contribution is 6.07. The van der Waals surface area contributed by atoms with Crippen LogP contribution < -0.4 is 0 Å². The third kappa shape index (κ3) is 4.82. The molecule has 1 aromatic rings. The van der Waals surface area contributed by atoms with Crippen LogP contribution in [0.2, 0.25) is 0 Å². The van der Waals surface area contributed by atoms with Gasteiger partial charge in [-0.1, -0.05) is 18.2 Å². The fraction of sp³-hybridized carbons (Fsp3) is 0.312. The third-order valence-corrected chi connectivity index (χ3v) is 2.73. The molecule has 0 aromatic heterocycles. The van der Waals surface area contributed by atoms with Gasteiger partial charge in [-0.25, -0.2) is 14.4 Å². The van der Waals surface area contributed by atoms with Crippen molar-refractivity contribution in [2.75, 3.05) is 13.2 Å². The summed E-state index contributed by atoms with van der Waals surface area (Å²) in [6, 6.07) is 5.94. The maximum Gasteiger partial charge on any atom is 0.346 e. The highest BCUT2D eigenvalue weighted by Crippen LogP contribution is 2.13. The molecule has 0 radical (unpaired) electrons. The van der Waals surface area contributed by atoms with Crippen molar-refractivity contribution in [3.8, 4) is 0 Å². The van der Waals surface area contributed by atoms with Gasteiger partial charge in [0.2, 0.25) is 0 Å². The van der Waals surface area contributed by atoms with E-state index in [9.17, 15) is 14.4 Å². The summed E-state index contributed by atoms with van der Waals surface area (Å²) in [5.74, 6) is -2.41. The second kappa shape index (κ2) is 8.74. The monoisotopic (exact) mass is 306 g/mol. The number of ether oxygens (including phenoxy) is 2. The lowest BCUT2D eigenvalue weighted by molar-refractivity contribution is -0.133. The van der Waals surface area contributed by atoms with E-state index in [4.69, 9.17) is 14.6 Å². The molecule has 0 atom stereocenters. The van der Waals surface area contributed by atoms with Crippen molar-refractivity contribution in [3.63, 3.8) is 0 Å². The zero-order chi connectivity index (χ0) is 16.5. The average molecular weight is 306 g/mol. The van der Waals surface area contributed by atoms with Gasteiger partial charge in [0.1, 0.15) is 0 Å². The molecule has 1 N–H and O–H groups in total. The molecule has 0 amide bonds. The minimum Gasteiger partial charge on any atom is -0.462 e. The Morgan fingerprint density at radius 1 is 1.14 bits per heavy atom. The normalized spacial score (nSPS) is 11.0. The molecular formula is C16H18O6. The van der Waals surface area contributed by atoms with Gasteiger partial charge in [0.25, 0.3) is 0 Å². The van der Waals surface area contributed by atoms with Crippen LogP contribution in [-0.4, -0.2) is 36.2 Å². The molecule has 0 heterocycles. The Labute approximate surface area is 128 Å². The molecule has 1 aromatic carbocycles. The van der Waals surface area contributed by atoms with Crippen molar-refractivity contribution in [2.24, 2.45) is 0 Å². The Kier molecular flexibility index (Phi) is 6.98. The molecule has 0 aliphatic rings. The molecule has 0 saturated heterocycles. The minimum absolute atomic E-state index is 0.0377. The van der Waals surface area contributed by atoms with Crippen LogP contribution in [-0.2, 0) is 14.3 Å². The Morgan fingerprint density at radius 2 is 1.73 bits per heavy atom. The smallest absolute Gasteiger partial charge is 0.346 e. The predicted molar refractivity (Wildman–Crippen MR) is 78.3 cm³/mol. The second-order valence-corrected chi connectivity index (χ2v) is 4.34. The van der Waals surface area contributed by atoms with Crippen LogP contribution in [0.25, 0.3) is 0 Å². The second-order valence-electron chi connectivity index (χ2n) is 4.34. The minimum atomic E-state index is -0.926. The molecular weight excluding hydrogens is 288 g/mol. The van der Waals surface area contributed by atoms with Gasteiger partial charge in [-0.05, 0) is 32.4 Å². The van der Waals surface area contributed by atoms with Crippen LogP contribution in [0.4, 0.5) is 0 Å². The summed E-state index contributed by atoms with van der Waals surface area (Å²) in [6.45, 7) is 3.19. The zero-order valence-electron chi connectivity index (χ0n) is 12.5. The largest absolute Gasteiger partial charge is 0.462 e. The molecule has 6 nitrogen and oxygen atoms in total. The quantitative estimate of drug-likeness (QED) is 0.490. The van der Waals surface area contributed by atoms with Crippen LogP contribution in [0.3, 0.4) is 0 Å². The standard InChI is InChI=1S/C16H18O6/c1-3-21-15(19)12-8-4-5-9-13(12)16(20)22-14(18)11(2)7-6-10-17/h4-5,7-9,17H,3,6,10H2,1-2H3. The van der Waals surface area contributed by atoms with E-state index in [2.05, 4.69) is 0 Å². The average Bonchev–Trinajstić information content (AvgIpc) is 2.52.